The molecular weight excluding hydrogens is 198 g/mol. The highest BCUT2D eigenvalue weighted by Crippen LogP contribution is 2.24. The van der Waals surface area contributed by atoms with Crippen LogP contribution in [-0.2, 0) is 0 Å². The van der Waals surface area contributed by atoms with Crippen molar-refractivity contribution in [3.8, 4) is 6.07 Å². The number of nitrogens with zero attached hydrogens (tertiary/aromatic N) is 2. The van der Waals surface area contributed by atoms with Crippen LogP contribution in [-0.4, -0.2) is 36.1 Å². The molecule has 1 aliphatic rings. The Morgan fingerprint density at radius 3 is 2.44 bits per heavy atom. The SMILES string of the molecule is CCNC(C)(C#N)CN(CC)C1CCCC1. The molecular formula is C13H25N3. The third-order valence-corrected chi connectivity index (χ3v) is 3.58. The van der Waals surface area contributed by atoms with Crippen LogP contribution in [0.3, 0.4) is 0 Å². The van der Waals surface area contributed by atoms with Gasteiger partial charge in [-0.2, -0.15) is 5.26 Å². The Morgan fingerprint density at radius 2 is 2.00 bits per heavy atom. The van der Waals surface area contributed by atoms with E-state index in [4.69, 9.17) is 0 Å². The van der Waals surface area contributed by atoms with Crippen LogP contribution < -0.4 is 5.32 Å². The average molecular weight is 223 g/mol. The molecule has 0 aromatic carbocycles. The van der Waals surface area contributed by atoms with Crippen molar-refractivity contribution in [2.24, 2.45) is 0 Å². The Balaban J connectivity index is 2.56. The van der Waals surface area contributed by atoms with Gasteiger partial charge in [-0.25, -0.2) is 0 Å². The molecule has 0 aromatic rings. The molecule has 0 spiro atoms. The first-order valence-electron chi connectivity index (χ1n) is 6.55. The number of nitriles is 1. The largest absolute Gasteiger partial charge is 0.299 e. The fourth-order valence-electron chi connectivity index (χ4n) is 2.70. The summed E-state index contributed by atoms with van der Waals surface area (Å²) in [6, 6.07) is 3.12. The average Bonchev–Trinajstić information content (AvgIpc) is 2.80. The molecule has 92 valence electrons. The quantitative estimate of drug-likeness (QED) is 0.750. The lowest BCUT2D eigenvalue weighted by atomic mass is 10.0. The van der Waals surface area contributed by atoms with Gasteiger partial charge in [-0.15, -0.1) is 0 Å². The van der Waals surface area contributed by atoms with Crippen LogP contribution in [0.4, 0.5) is 0 Å². The zero-order valence-electron chi connectivity index (χ0n) is 10.9. The first-order valence-corrected chi connectivity index (χ1v) is 6.55. The predicted octanol–water partition coefficient (Wildman–Crippen LogP) is 2.14. The third kappa shape index (κ3) is 3.47. The van der Waals surface area contributed by atoms with Crippen molar-refractivity contribution in [2.75, 3.05) is 19.6 Å². The summed E-state index contributed by atoms with van der Waals surface area (Å²) in [6.07, 6.45) is 5.32. The molecule has 1 saturated carbocycles. The normalized spacial score (nSPS) is 20.9. The monoisotopic (exact) mass is 223 g/mol. The van der Waals surface area contributed by atoms with Gasteiger partial charge in [-0.1, -0.05) is 26.7 Å². The third-order valence-electron chi connectivity index (χ3n) is 3.58. The molecule has 1 unspecified atom stereocenters. The Kier molecular flexibility index (Phi) is 5.24. The summed E-state index contributed by atoms with van der Waals surface area (Å²) in [7, 11) is 0. The number of rotatable bonds is 6. The van der Waals surface area contributed by atoms with Crippen LogP contribution in [0.5, 0.6) is 0 Å². The number of hydrogen-bond acceptors (Lipinski definition) is 3. The molecule has 1 atom stereocenters. The first-order chi connectivity index (χ1) is 7.65. The second kappa shape index (κ2) is 6.22. The van der Waals surface area contributed by atoms with E-state index in [2.05, 4.69) is 30.1 Å². The van der Waals surface area contributed by atoms with Crippen molar-refractivity contribution >= 4 is 0 Å². The van der Waals surface area contributed by atoms with Crippen LogP contribution in [0, 0.1) is 11.3 Å². The van der Waals surface area contributed by atoms with Gasteiger partial charge in [0.05, 0.1) is 6.07 Å². The molecule has 16 heavy (non-hydrogen) atoms. The molecule has 0 heterocycles. The minimum Gasteiger partial charge on any atom is -0.299 e. The van der Waals surface area contributed by atoms with Crippen LogP contribution in [0.1, 0.15) is 46.5 Å². The van der Waals surface area contributed by atoms with E-state index in [9.17, 15) is 5.26 Å². The van der Waals surface area contributed by atoms with Gasteiger partial charge < -0.3 is 0 Å². The Labute approximate surface area is 99.8 Å². The van der Waals surface area contributed by atoms with Crippen molar-refractivity contribution in [1.29, 1.82) is 5.26 Å². The smallest absolute Gasteiger partial charge is 0.116 e. The van der Waals surface area contributed by atoms with E-state index >= 15 is 0 Å². The standard InChI is InChI=1S/C13H25N3/c1-4-15-13(3,10-14)11-16(5-2)12-8-6-7-9-12/h12,15H,4-9,11H2,1-3H3. The lowest BCUT2D eigenvalue weighted by Gasteiger charge is -2.34. The van der Waals surface area contributed by atoms with Crippen molar-refractivity contribution in [3.63, 3.8) is 0 Å². The minimum atomic E-state index is -0.395. The van der Waals surface area contributed by atoms with Crippen LogP contribution >= 0.6 is 0 Å². The van der Waals surface area contributed by atoms with Crippen LogP contribution in [0.2, 0.25) is 0 Å². The molecule has 1 rings (SSSR count). The molecule has 0 aromatic heterocycles. The maximum absolute atomic E-state index is 9.26. The van der Waals surface area contributed by atoms with Gasteiger partial charge in [0.2, 0.25) is 0 Å². The van der Waals surface area contributed by atoms with Crippen molar-refractivity contribution in [3.05, 3.63) is 0 Å². The summed E-state index contributed by atoms with van der Waals surface area (Å²) in [5.74, 6) is 0. The van der Waals surface area contributed by atoms with E-state index in [-0.39, 0.29) is 0 Å². The van der Waals surface area contributed by atoms with Gasteiger partial charge in [-0.3, -0.25) is 10.2 Å². The van der Waals surface area contributed by atoms with E-state index in [1.807, 2.05) is 6.92 Å². The summed E-state index contributed by atoms with van der Waals surface area (Å²) in [4.78, 5) is 2.47. The zero-order chi connectivity index (χ0) is 12.0. The maximum atomic E-state index is 9.26. The van der Waals surface area contributed by atoms with E-state index < -0.39 is 5.54 Å². The highest BCUT2D eigenvalue weighted by Gasteiger charge is 2.29. The second-order valence-corrected chi connectivity index (χ2v) is 4.98. The van der Waals surface area contributed by atoms with Gasteiger partial charge in [0, 0.05) is 12.6 Å². The predicted molar refractivity (Wildman–Crippen MR) is 67.2 cm³/mol. The van der Waals surface area contributed by atoms with Crippen LogP contribution in [0.15, 0.2) is 0 Å². The molecule has 3 nitrogen and oxygen atoms in total. The summed E-state index contributed by atoms with van der Waals surface area (Å²) in [6.45, 7) is 9.01. The molecule has 0 saturated heterocycles. The van der Waals surface area contributed by atoms with Gasteiger partial charge in [-0.05, 0) is 32.9 Å². The highest BCUT2D eigenvalue weighted by atomic mass is 15.2. The van der Waals surface area contributed by atoms with Crippen LogP contribution in [0.25, 0.3) is 0 Å². The van der Waals surface area contributed by atoms with Gasteiger partial charge >= 0.3 is 0 Å². The fourth-order valence-corrected chi connectivity index (χ4v) is 2.70. The minimum absolute atomic E-state index is 0.395. The Bertz CT molecular complexity index is 240. The lowest BCUT2D eigenvalue weighted by Crippen LogP contribution is -2.52. The van der Waals surface area contributed by atoms with Crippen molar-refractivity contribution in [2.45, 2.75) is 58.0 Å². The van der Waals surface area contributed by atoms with E-state index in [0.29, 0.717) is 6.04 Å². The first kappa shape index (κ1) is 13.5. The number of nitrogens with one attached hydrogen (secondary N) is 1. The van der Waals surface area contributed by atoms with Crippen molar-refractivity contribution < 1.29 is 0 Å². The zero-order valence-corrected chi connectivity index (χ0v) is 10.9. The molecule has 0 amide bonds. The molecule has 1 aliphatic carbocycles. The van der Waals surface area contributed by atoms with E-state index in [1.165, 1.54) is 25.7 Å². The number of hydrogen-bond donors (Lipinski definition) is 1. The fraction of sp³-hybridized carbons (Fsp3) is 0.923. The summed E-state index contributed by atoms with van der Waals surface area (Å²) in [5, 5.41) is 12.6. The van der Waals surface area contributed by atoms with Gasteiger partial charge in [0.15, 0.2) is 0 Å². The molecule has 0 aliphatic heterocycles. The number of likely N-dealkylation sites (N-methyl/N-ethyl adjacent to an activating group) is 2. The summed E-state index contributed by atoms with van der Waals surface area (Å²) >= 11 is 0. The van der Waals surface area contributed by atoms with Gasteiger partial charge in [0.25, 0.3) is 0 Å². The topological polar surface area (TPSA) is 39.1 Å². The second-order valence-electron chi connectivity index (χ2n) is 4.98. The van der Waals surface area contributed by atoms with E-state index in [1.54, 1.807) is 0 Å². The lowest BCUT2D eigenvalue weighted by molar-refractivity contribution is 0.171. The Hall–Kier alpha value is -0.590. The molecule has 3 heteroatoms. The summed E-state index contributed by atoms with van der Waals surface area (Å²) in [5.41, 5.74) is -0.395. The molecule has 1 N–H and O–H groups in total. The van der Waals surface area contributed by atoms with Gasteiger partial charge in [0.1, 0.15) is 5.54 Å². The van der Waals surface area contributed by atoms with E-state index in [0.717, 1.165) is 19.6 Å². The van der Waals surface area contributed by atoms with Crippen molar-refractivity contribution in [1.82, 2.24) is 10.2 Å². The summed E-state index contributed by atoms with van der Waals surface area (Å²) < 4.78 is 0. The Morgan fingerprint density at radius 1 is 1.38 bits per heavy atom. The molecule has 0 bridgehead atoms. The maximum Gasteiger partial charge on any atom is 0.116 e. The molecule has 0 radical (unpaired) electrons. The highest BCUT2D eigenvalue weighted by molar-refractivity contribution is 5.06. The molecule has 1 fully saturated rings.